The van der Waals surface area contributed by atoms with Crippen LogP contribution in [0.2, 0.25) is 0 Å². The molecule has 0 radical (unpaired) electrons. The normalized spacial score (nSPS) is 16.8. The molecule has 1 aromatic rings. The van der Waals surface area contributed by atoms with E-state index in [-0.39, 0.29) is 5.91 Å². The van der Waals surface area contributed by atoms with Gasteiger partial charge in [0.2, 0.25) is 5.91 Å². The zero-order chi connectivity index (χ0) is 13.7. The van der Waals surface area contributed by atoms with Crippen molar-refractivity contribution < 1.29 is 4.79 Å². The van der Waals surface area contributed by atoms with Gasteiger partial charge < -0.3 is 10.2 Å². The third kappa shape index (κ3) is 4.30. The van der Waals surface area contributed by atoms with E-state index in [1.807, 2.05) is 11.9 Å². The number of hydrogen-bond acceptors (Lipinski definition) is 4. The largest absolute Gasteiger partial charge is 0.340 e. The van der Waals surface area contributed by atoms with Crippen molar-refractivity contribution in [1.82, 2.24) is 15.1 Å². The number of thiophene rings is 1. The summed E-state index contributed by atoms with van der Waals surface area (Å²) in [6, 6.07) is 2.62. The van der Waals surface area contributed by atoms with Crippen LogP contribution >= 0.6 is 11.3 Å². The Morgan fingerprint density at radius 2 is 2.16 bits per heavy atom. The van der Waals surface area contributed by atoms with Crippen LogP contribution in [0, 0.1) is 0 Å². The highest BCUT2D eigenvalue weighted by Gasteiger charge is 2.21. The molecule has 0 aromatic carbocycles. The fourth-order valence-corrected chi connectivity index (χ4v) is 3.12. The lowest BCUT2D eigenvalue weighted by molar-refractivity contribution is -0.132. The van der Waals surface area contributed by atoms with Gasteiger partial charge in [-0.15, -0.1) is 0 Å². The van der Waals surface area contributed by atoms with Crippen molar-refractivity contribution in [3.8, 4) is 0 Å². The summed E-state index contributed by atoms with van der Waals surface area (Å²) in [6.45, 7) is 3.36. The Hall–Kier alpha value is -0.910. The molecule has 0 aliphatic carbocycles. The molecule has 0 bridgehead atoms. The number of nitrogens with zero attached hydrogens (tertiary/aromatic N) is 2. The smallest absolute Gasteiger partial charge is 0.236 e. The van der Waals surface area contributed by atoms with Gasteiger partial charge in [0.25, 0.3) is 0 Å². The van der Waals surface area contributed by atoms with E-state index in [4.69, 9.17) is 0 Å². The second kappa shape index (κ2) is 7.03. The zero-order valence-corrected chi connectivity index (χ0v) is 12.6. The van der Waals surface area contributed by atoms with E-state index in [9.17, 15) is 4.79 Å². The summed E-state index contributed by atoms with van der Waals surface area (Å²) >= 11 is 1.67. The van der Waals surface area contributed by atoms with Gasteiger partial charge in [-0.1, -0.05) is 0 Å². The quantitative estimate of drug-likeness (QED) is 0.886. The first kappa shape index (κ1) is 14.5. The third-order valence-electron chi connectivity index (χ3n) is 3.74. The Labute approximate surface area is 119 Å². The standard InChI is InChI=1S/C14H23N3OS/c1-16(13-3-6-15-7-4-13)10-14(18)17(2)9-12-5-8-19-11-12/h5,8,11,13,15H,3-4,6-7,9-10H2,1-2H3. The van der Waals surface area contributed by atoms with Gasteiger partial charge in [-0.2, -0.15) is 11.3 Å². The molecular weight excluding hydrogens is 258 g/mol. The van der Waals surface area contributed by atoms with Crippen molar-refractivity contribution in [2.75, 3.05) is 33.7 Å². The molecule has 2 rings (SSSR count). The molecule has 1 N–H and O–H groups in total. The predicted molar refractivity (Wildman–Crippen MR) is 79.3 cm³/mol. The lowest BCUT2D eigenvalue weighted by Crippen LogP contribution is -2.45. The Morgan fingerprint density at radius 1 is 1.42 bits per heavy atom. The van der Waals surface area contributed by atoms with Crippen molar-refractivity contribution in [2.45, 2.75) is 25.4 Å². The third-order valence-corrected chi connectivity index (χ3v) is 4.47. The number of piperidine rings is 1. The van der Waals surface area contributed by atoms with E-state index in [0.717, 1.165) is 25.9 Å². The second-order valence-corrected chi connectivity index (χ2v) is 6.06. The van der Waals surface area contributed by atoms with Gasteiger partial charge in [-0.05, 0) is 55.4 Å². The number of hydrogen-bond donors (Lipinski definition) is 1. The molecule has 1 saturated heterocycles. The lowest BCUT2D eigenvalue weighted by Gasteiger charge is -2.32. The van der Waals surface area contributed by atoms with E-state index < -0.39 is 0 Å². The number of nitrogens with one attached hydrogen (secondary N) is 1. The minimum atomic E-state index is 0.201. The summed E-state index contributed by atoms with van der Waals surface area (Å²) in [5.41, 5.74) is 1.21. The molecule has 4 nitrogen and oxygen atoms in total. The molecule has 2 heterocycles. The van der Waals surface area contributed by atoms with E-state index >= 15 is 0 Å². The van der Waals surface area contributed by atoms with Gasteiger partial charge in [0.15, 0.2) is 0 Å². The maximum atomic E-state index is 12.2. The van der Waals surface area contributed by atoms with Crippen LogP contribution < -0.4 is 5.32 Å². The molecule has 0 atom stereocenters. The molecule has 1 amide bonds. The number of amides is 1. The monoisotopic (exact) mass is 281 g/mol. The van der Waals surface area contributed by atoms with Gasteiger partial charge >= 0.3 is 0 Å². The van der Waals surface area contributed by atoms with Crippen LogP contribution in [-0.4, -0.2) is 55.5 Å². The molecule has 0 spiro atoms. The predicted octanol–water partition coefficient (Wildman–Crippen LogP) is 1.39. The number of carbonyl (C=O) groups is 1. The van der Waals surface area contributed by atoms with Gasteiger partial charge in [0.1, 0.15) is 0 Å². The van der Waals surface area contributed by atoms with Crippen molar-refractivity contribution in [3.05, 3.63) is 22.4 Å². The molecule has 106 valence electrons. The molecule has 1 aliphatic rings. The SMILES string of the molecule is CN(Cc1ccsc1)C(=O)CN(C)C1CCNCC1. The molecule has 19 heavy (non-hydrogen) atoms. The lowest BCUT2D eigenvalue weighted by atomic mass is 10.1. The molecule has 0 saturated carbocycles. The Morgan fingerprint density at radius 3 is 2.79 bits per heavy atom. The molecule has 1 fully saturated rings. The zero-order valence-electron chi connectivity index (χ0n) is 11.8. The summed E-state index contributed by atoms with van der Waals surface area (Å²) in [5.74, 6) is 0.201. The minimum absolute atomic E-state index is 0.201. The van der Waals surface area contributed by atoms with Crippen LogP contribution in [0.4, 0.5) is 0 Å². The maximum Gasteiger partial charge on any atom is 0.236 e. The summed E-state index contributed by atoms with van der Waals surface area (Å²) in [6.07, 6.45) is 2.27. The van der Waals surface area contributed by atoms with Crippen LogP contribution in [0.25, 0.3) is 0 Å². The molecule has 0 unspecified atom stereocenters. The topological polar surface area (TPSA) is 35.6 Å². The Balaban J connectivity index is 1.79. The average Bonchev–Trinajstić information content (AvgIpc) is 2.92. The molecule has 1 aliphatic heterocycles. The van der Waals surface area contributed by atoms with E-state index in [1.165, 1.54) is 5.56 Å². The highest BCUT2D eigenvalue weighted by atomic mass is 32.1. The summed E-state index contributed by atoms with van der Waals surface area (Å²) in [5, 5.41) is 7.50. The Kier molecular flexibility index (Phi) is 5.36. The number of likely N-dealkylation sites (N-methyl/N-ethyl adjacent to an activating group) is 2. The van der Waals surface area contributed by atoms with E-state index in [0.29, 0.717) is 19.1 Å². The number of rotatable bonds is 5. The fourth-order valence-electron chi connectivity index (χ4n) is 2.46. The average molecular weight is 281 g/mol. The van der Waals surface area contributed by atoms with E-state index in [1.54, 1.807) is 11.3 Å². The van der Waals surface area contributed by atoms with Crippen LogP contribution in [0.15, 0.2) is 16.8 Å². The van der Waals surface area contributed by atoms with E-state index in [2.05, 4.69) is 34.1 Å². The summed E-state index contributed by atoms with van der Waals surface area (Å²) < 4.78 is 0. The molecule has 5 heteroatoms. The van der Waals surface area contributed by atoms with Gasteiger partial charge in [-0.3, -0.25) is 9.69 Å². The van der Waals surface area contributed by atoms with Gasteiger partial charge in [0, 0.05) is 19.6 Å². The molecular formula is C14H23N3OS. The van der Waals surface area contributed by atoms with Crippen LogP contribution in [-0.2, 0) is 11.3 Å². The first-order valence-corrected chi connectivity index (χ1v) is 7.77. The van der Waals surface area contributed by atoms with Crippen molar-refractivity contribution in [2.24, 2.45) is 0 Å². The Bertz CT molecular complexity index is 387. The minimum Gasteiger partial charge on any atom is -0.340 e. The van der Waals surface area contributed by atoms with Crippen molar-refractivity contribution >= 4 is 17.2 Å². The fraction of sp³-hybridized carbons (Fsp3) is 0.643. The molecule has 1 aromatic heterocycles. The van der Waals surface area contributed by atoms with Crippen LogP contribution in [0.5, 0.6) is 0 Å². The van der Waals surface area contributed by atoms with Crippen LogP contribution in [0.3, 0.4) is 0 Å². The highest BCUT2D eigenvalue weighted by molar-refractivity contribution is 7.07. The summed E-state index contributed by atoms with van der Waals surface area (Å²) in [4.78, 5) is 16.2. The highest BCUT2D eigenvalue weighted by Crippen LogP contribution is 2.11. The first-order valence-electron chi connectivity index (χ1n) is 6.83. The van der Waals surface area contributed by atoms with Gasteiger partial charge in [0.05, 0.1) is 6.54 Å². The van der Waals surface area contributed by atoms with Gasteiger partial charge in [-0.25, -0.2) is 0 Å². The van der Waals surface area contributed by atoms with Crippen molar-refractivity contribution in [1.29, 1.82) is 0 Å². The summed E-state index contributed by atoms with van der Waals surface area (Å²) in [7, 11) is 3.95. The first-order chi connectivity index (χ1) is 9.16. The maximum absolute atomic E-state index is 12.2. The van der Waals surface area contributed by atoms with Crippen LogP contribution in [0.1, 0.15) is 18.4 Å². The number of carbonyl (C=O) groups excluding carboxylic acids is 1. The van der Waals surface area contributed by atoms with Crippen molar-refractivity contribution in [3.63, 3.8) is 0 Å². The second-order valence-electron chi connectivity index (χ2n) is 5.28.